The number of aromatic nitrogens is 2. The summed E-state index contributed by atoms with van der Waals surface area (Å²) in [5.41, 5.74) is 3.39. The summed E-state index contributed by atoms with van der Waals surface area (Å²) in [6, 6.07) is 21.0. The lowest BCUT2D eigenvalue weighted by Gasteiger charge is -2.33. The molecule has 4 aromatic rings. The molecule has 0 radical (unpaired) electrons. The van der Waals surface area contributed by atoms with Crippen LogP contribution in [0.4, 0.5) is 14.9 Å². The Morgan fingerprint density at radius 1 is 1.03 bits per heavy atom. The lowest BCUT2D eigenvalue weighted by atomic mass is 10.0. The number of halogens is 1. The van der Waals surface area contributed by atoms with E-state index in [2.05, 4.69) is 10.3 Å². The van der Waals surface area contributed by atoms with Crippen molar-refractivity contribution >= 4 is 28.7 Å². The van der Waals surface area contributed by atoms with Gasteiger partial charge in [-0.05, 0) is 31.2 Å². The Morgan fingerprint density at radius 2 is 1.72 bits per heavy atom. The minimum atomic E-state index is -0.365. The number of amides is 3. The Morgan fingerprint density at radius 3 is 2.44 bits per heavy atom. The van der Waals surface area contributed by atoms with E-state index in [1.807, 2.05) is 48.9 Å². The molecule has 7 heteroatoms. The highest BCUT2D eigenvalue weighted by Crippen LogP contribution is 2.34. The Labute approximate surface area is 210 Å². The standard InChI is InChI=1S/C29H29FN4O2/c1-20-10-9-19-34(20,28(35)18-17-27-31-25-15-7-8-16-26(25)33(27)2)29(36)32-24-14-6-4-12-22(24)21-11-3-5-13-23(21)30/h3-8,11-16,20H,9-10,17-19H2,1-2H3/p+1/t20-,34?/m1/s1. The van der Waals surface area contributed by atoms with Crippen molar-refractivity contribution in [3.63, 3.8) is 0 Å². The number of likely N-dealkylation sites (tertiary alicyclic amines) is 1. The summed E-state index contributed by atoms with van der Waals surface area (Å²) in [6.07, 6.45) is 2.25. The molecule has 3 amide bonds. The van der Waals surface area contributed by atoms with E-state index in [1.165, 1.54) is 6.07 Å². The molecule has 5 rings (SSSR count). The van der Waals surface area contributed by atoms with Crippen molar-refractivity contribution in [3.05, 3.63) is 84.4 Å². The molecule has 1 N–H and O–H groups in total. The molecule has 1 aliphatic heterocycles. The lowest BCUT2D eigenvalue weighted by molar-refractivity contribution is -0.782. The summed E-state index contributed by atoms with van der Waals surface area (Å²) in [7, 11) is 1.95. The van der Waals surface area contributed by atoms with Crippen molar-refractivity contribution < 1.29 is 18.5 Å². The minimum Gasteiger partial charge on any atom is -0.331 e. The van der Waals surface area contributed by atoms with Gasteiger partial charge in [0.05, 0.1) is 29.7 Å². The minimum absolute atomic E-state index is 0.118. The van der Waals surface area contributed by atoms with Crippen molar-refractivity contribution in [2.24, 2.45) is 7.05 Å². The van der Waals surface area contributed by atoms with Gasteiger partial charge in [-0.15, -0.1) is 0 Å². The summed E-state index contributed by atoms with van der Waals surface area (Å²) >= 11 is 0. The quantitative estimate of drug-likeness (QED) is 0.349. The number of imide groups is 1. The fraction of sp³-hybridized carbons (Fsp3) is 0.276. The Kier molecular flexibility index (Phi) is 6.41. The molecule has 0 bridgehead atoms. The van der Waals surface area contributed by atoms with Crippen molar-refractivity contribution in [2.75, 3.05) is 11.9 Å². The monoisotopic (exact) mass is 485 g/mol. The number of hydrogen-bond acceptors (Lipinski definition) is 3. The molecule has 1 aliphatic rings. The number of aryl methyl sites for hydroxylation is 2. The number of carbonyl (C=O) groups excluding carboxylic acids is 2. The average Bonchev–Trinajstić information content (AvgIpc) is 3.43. The van der Waals surface area contributed by atoms with Gasteiger partial charge in [0.2, 0.25) is 0 Å². The maximum absolute atomic E-state index is 14.6. The van der Waals surface area contributed by atoms with Crippen LogP contribution in [-0.2, 0) is 18.3 Å². The van der Waals surface area contributed by atoms with Crippen LogP contribution in [0.5, 0.6) is 0 Å². The first kappa shape index (κ1) is 23.9. The largest absolute Gasteiger partial charge is 0.428 e. The average molecular weight is 486 g/mol. The van der Waals surface area contributed by atoms with Gasteiger partial charge in [0.25, 0.3) is 0 Å². The Bertz CT molecular complexity index is 1450. The second kappa shape index (κ2) is 9.66. The number of nitrogens with one attached hydrogen (secondary N) is 1. The number of carbonyl (C=O) groups is 2. The van der Waals surface area contributed by atoms with Crippen LogP contribution in [-0.4, -0.2) is 38.6 Å². The maximum atomic E-state index is 14.6. The lowest BCUT2D eigenvalue weighted by Crippen LogP contribution is -2.60. The smallest absolute Gasteiger partial charge is 0.331 e. The molecule has 184 valence electrons. The van der Waals surface area contributed by atoms with E-state index in [9.17, 15) is 14.0 Å². The molecule has 36 heavy (non-hydrogen) atoms. The zero-order chi connectivity index (χ0) is 25.3. The van der Waals surface area contributed by atoms with Crippen LogP contribution in [0.3, 0.4) is 0 Å². The molecule has 2 heterocycles. The van der Waals surface area contributed by atoms with Gasteiger partial charge < -0.3 is 4.57 Å². The molecule has 3 aromatic carbocycles. The van der Waals surface area contributed by atoms with E-state index in [-0.39, 0.29) is 34.7 Å². The number of fused-ring (bicyclic) bond motifs is 1. The van der Waals surface area contributed by atoms with E-state index in [4.69, 9.17) is 0 Å². The summed E-state index contributed by atoms with van der Waals surface area (Å²) in [4.78, 5) is 32.2. The highest BCUT2D eigenvalue weighted by molar-refractivity contribution is 5.96. The summed E-state index contributed by atoms with van der Waals surface area (Å²) in [6.45, 7) is 2.42. The molecule has 1 aromatic heterocycles. The van der Waals surface area contributed by atoms with Gasteiger partial charge in [0.1, 0.15) is 17.7 Å². The van der Waals surface area contributed by atoms with Crippen molar-refractivity contribution in [1.82, 2.24) is 9.55 Å². The highest BCUT2D eigenvalue weighted by Gasteiger charge is 2.52. The molecular formula is C29H30FN4O2+. The van der Waals surface area contributed by atoms with E-state index >= 15 is 0 Å². The van der Waals surface area contributed by atoms with Gasteiger partial charge in [0, 0.05) is 37.4 Å². The second-order valence-corrected chi connectivity index (χ2v) is 9.51. The number of quaternary nitrogens is 1. The molecule has 1 saturated heterocycles. The number of urea groups is 1. The van der Waals surface area contributed by atoms with Gasteiger partial charge in [-0.3, -0.25) is 5.32 Å². The van der Waals surface area contributed by atoms with Crippen LogP contribution < -0.4 is 5.32 Å². The normalized spacial score (nSPS) is 19.5. The number of para-hydroxylation sites is 3. The predicted octanol–water partition coefficient (Wildman–Crippen LogP) is 6.07. The third kappa shape index (κ3) is 4.09. The zero-order valence-corrected chi connectivity index (χ0v) is 20.6. The number of hydrogen-bond donors (Lipinski definition) is 1. The van der Waals surface area contributed by atoms with Crippen molar-refractivity contribution in [1.29, 1.82) is 0 Å². The number of anilines is 1. The summed E-state index contributed by atoms with van der Waals surface area (Å²) < 4.78 is 16.3. The summed E-state index contributed by atoms with van der Waals surface area (Å²) in [5.74, 6) is 0.337. The van der Waals surface area contributed by atoms with Crippen LogP contribution in [0.25, 0.3) is 22.2 Å². The molecule has 2 atom stereocenters. The number of benzene rings is 3. The third-order valence-electron chi connectivity index (χ3n) is 7.47. The second-order valence-electron chi connectivity index (χ2n) is 9.51. The molecule has 1 fully saturated rings. The molecule has 0 spiro atoms. The first-order valence-electron chi connectivity index (χ1n) is 12.4. The van der Waals surface area contributed by atoms with Crippen molar-refractivity contribution in [3.8, 4) is 11.1 Å². The molecule has 0 aliphatic carbocycles. The van der Waals surface area contributed by atoms with E-state index < -0.39 is 0 Å². The van der Waals surface area contributed by atoms with Crippen molar-refractivity contribution in [2.45, 2.75) is 38.6 Å². The number of nitrogens with zero attached hydrogens (tertiary/aromatic N) is 3. The molecule has 6 nitrogen and oxygen atoms in total. The zero-order valence-electron chi connectivity index (χ0n) is 20.6. The van der Waals surface area contributed by atoms with E-state index in [0.717, 1.165) is 29.7 Å². The SMILES string of the molecule is C[C@@H]1CCC[N+]1(C(=O)CCc1nc2ccccc2n1C)C(=O)Nc1ccccc1-c1ccccc1F. The van der Waals surface area contributed by atoms with Crippen LogP contribution >= 0.6 is 0 Å². The van der Waals surface area contributed by atoms with Gasteiger partial charge in [-0.1, -0.05) is 48.5 Å². The van der Waals surface area contributed by atoms with E-state index in [0.29, 0.717) is 29.8 Å². The number of imidazole rings is 1. The Hall–Kier alpha value is -3.84. The van der Waals surface area contributed by atoms with Gasteiger partial charge >= 0.3 is 11.9 Å². The van der Waals surface area contributed by atoms with E-state index in [1.54, 1.807) is 36.4 Å². The van der Waals surface area contributed by atoms with Gasteiger partial charge in [-0.25, -0.2) is 19.0 Å². The molecular weight excluding hydrogens is 455 g/mol. The first-order valence-corrected chi connectivity index (χ1v) is 12.4. The fourth-order valence-corrected chi connectivity index (χ4v) is 5.42. The molecule has 1 unspecified atom stereocenters. The van der Waals surface area contributed by atoms with Crippen LogP contribution in [0.1, 0.15) is 32.0 Å². The third-order valence-corrected chi connectivity index (χ3v) is 7.47. The fourth-order valence-electron chi connectivity index (χ4n) is 5.42. The van der Waals surface area contributed by atoms with Gasteiger partial charge in [0.15, 0.2) is 0 Å². The first-order chi connectivity index (χ1) is 17.4. The number of rotatable bonds is 5. The molecule has 0 saturated carbocycles. The van der Waals surface area contributed by atoms with Crippen LogP contribution in [0.15, 0.2) is 72.8 Å². The van der Waals surface area contributed by atoms with Crippen LogP contribution in [0.2, 0.25) is 0 Å². The predicted molar refractivity (Wildman–Crippen MR) is 139 cm³/mol. The Balaban J connectivity index is 1.41. The topological polar surface area (TPSA) is 64.0 Å². The van der Waals surface area contributed by atoms with Crippen LogP contribution in [0, 0.1) is 5.82 Å². The highest BCUT2D eigenvalue weighted by atomic mass is 19.1. The summed E-state index contributed by atoms with van der Waals surface area (Å²) in [5, 5.41) is 2.99. The van der Waals surface area contributed by atoms with Gasteiger partial charge in [-0.2, -0.15) is 4.48 Å². The maximum Gasteiger partial charge on any atom is 0.428 e.